The number of carbonyl (C=O) groups is 6. The number of nitrogens with two attached hydrogens (primary N) is 2. The van der Waals surface area contributed by atoms with Gasteiger partial charge in [0.15, 0.2) is 0 Å². The smallest absolute Gasteiger partial charge is 0.323 e. The van der Waals surface area contributed by atoms with Crippen LogP contribution in [0, 0.1) is 5.92 Å². The van der Waals surface area contributed by atoms with Crippen molar-refractivity contribution in [2.75, 3.05) is 13.1 Å². The van der Waals surface area contributed by atoms with Gasteiger partial charge >= 0.3 is 5.97 Å². The fourth-order valence-corrected chi connectivity index (χ4v) is 5.77. The third kappa shape index (κ3) is 12.1. The van der Waals surface area contributed by atoms with Crippen molar-refractivity contribution in [3.63, 3.8) is 0 Å². The quantitative estimate of drug-likeness (QED) is 0.0981. The van der Waals surface area contributed by atoms with E-state index >= 15 is 0 Å². The predicted molar refractivity (Wildman–Crippen MR) is 184 cm³/mol. The first-order valence-corrected chi connectivity index (χ1v) is 16.8. The van der Waals surface area contributed by atoms with E-state index < -0.39 is 59.3 Å². The molecule has 1 fully saturated rings. The second-order valence-corrected chi connectivity index (χ2v) is 13.2. The van der Waals surface area contributed by atoms with Crippen molar-refractivity contribution in [3.05, 3.63) is 71.8 Å². The molecular weight excluding hydrogens is 628 g/mol. The first-order valence-electron chi connectivity index (χ1n) is 16.8. The Morgan fingerprint density at radius 3 is 1.86 bits per heavy atom. The molecule has 49 heavy (non-hydrogen) atoms. The average molecular weight is 679 g/mol. The van der Waals surface area contributed by atoms with Crippen molar-refractivity contribution < 1.29 is 33.9 Å². The first-order chi connectivity index (χ1) is 23.3. The van der Waals surface area contributed by atoms with Gasteiger partial charge in [-0.2, -0.15) is 0 Å². The maximum Gasteiger partial charge on any atom is 0.323 e. The molecule has 0 saturated carbocycles. The van der Waals surface area contributed by atoms with Gasteiger partial charge in [0.1, 0.15) is 30.0 Å². The summed E-state index contributed by atoms with van der Waals surface area (Å²) in [6, 6.07) is 14.4. The van der Waals surface area contributed by atoms with Gasteiger partial charge in [-0.25, -0.2) is 0 Å². The number of likely N-dealkylation sites (tertiary alicyclic amines) is 1. The Morgan fingerprint density at radius 2 is 1.33 bits per heavy atom. The summed E-state index contributed by atoms with van der Waals surface area (Å²) in [5, 5.41) is 17.8. The molecular formula is C36H50N6O7. The molecule has 1 aliphatic heterocycles. The number of hydrogen-bond donors (Lipinski definition) is 6. The van der Waals surface area contributed by atoms with Crippen LogP contribution in [0.25, 0.3) is 0 Å². The molecule has 3 rings (SSSR count). The number of carbonyl (C=O) groups excluding carboxylic acids is 5. The van der Waals surface area contributed by atoms with E-state index in [0.717, 1.165) is 17.4 Å². The second-order valence-electron chi connectivity index (χ2n) is 13.2. The van der Waals surface area contributed by atoms with Crippen molar-refractivity contribution in [2.24, 2.45) is 17.4 Å². The van der Waals surface area contributed by atoms with E-state index in [2.05, 4.69) is 16.0 Å². The van der Waals surface area contributed by atoms with Crippen LogP contribution in [0.2, 0.25) is 0 Å². The molecule has 13 heteroatoms. The summed E-state index contributed by atoms with van der Waals surface area (Å²) in [7, 11) is 0. The number of piperidine rings is 1. The Labute approximate surface area is 287 Å². The SMILES string of the molecule is CC(C)C[C@@H](NC(=O)[C@@H](Cc1ccccc1)NC(=O)[C@H](N)Cc1ccccc1)C(=O)N[C@H](CCCC=O)C(=O)N1CCC(N)(C(=O)O)CC1. The van der Waals surface area contributed by atoms with Crippen LogP contribution in [0.1, 0.15) is 63.5 Å². The van der Waals surface area contributed by atoms with Crippen LogP contribution in [0.3, 0.4) is 0 Å². The molecule has 1 saturated heterocycles. The topological polar surface area (TPSA) is 214 Å². The van der Waals surface area contributed by atoms with Gasteiger partial charge in [0.2, 0.25) is 23.6 Å². The lowest BCUT2D eigenvalue weighted by Gasteiger charge is -2.38. The third-order valence-electron chi connectivity index (χ3n) is 8.71. The van der Waals surface area contributed by atoms with Gasteiger partial charge in [0.25, 0.3) is 0 Å². The number of nitrogens with zero attached hydrogens (tertiary/aromatic N) is 1. The van der Waals surface area contributed by atoms with Crippen molar-refractivity contribution >= 4 is 35.9 Å². The number of rotatable bonds is 18. The number of hydrogen-bond acceptors (Lipinski definition) is 8. The lowest BCUT2D eigenvalue weighted by atomic mass is 9.88. The van der Waals surface area contributed by atoms with Gasteiger partial charge in [0.05, 0.1) is 6.04 Å². The molecule has 13 nitrogen and oxygen atoms in total. The van der Waals surface area contributed by atoms with Crippen LogP contribution >= 0.6 is 0 Å². The van der Waals surface area contributed by atoms with E-state index in [4.69, 9.17) is 11.5 Å². The molecule has 1 heterocycles. The molecule has 0 spiro atoms. The second kappa shape index (κ2) is 18.8. The molecule has 1 aliphatic rings. The zero-order chi connectivity index (χ0) is 36.0. The molecule has 0 aromatic heterocycles. The van der Waals surface area contributed by atoms with Crippen LogP contribution in [0.15, 0.2) is 60.7 Å². The molecule has 8 N–H and O–H groups in total. The molecule has 0 bridgehead atoms. The van der Waals surface area contributed by atoms with E-state index in [1.54, 1.807) is 0 Å². The minimum atomic E-state index is -1.43. The summed E-state index contributed by atoms with van der Waals surface area (Å²) < 4.78 is 0. The van der Waals surface area contributed by atoms with E-state index in [1.807, 2.05) is 74.5 Å². The minimum absolute atomic E-state index is 0.0301. The van der Waals surface area contributed by atoms with Crippen LogP contribution in [0.5, 0.6) is 0 Å². The van der Waals surface area contributed by atoms with Crippen molar-refractivity contribution in [1.29, 1.82) is 0 Å². The highest BCUT2D eigenvalue weighted by Crippen LogP contribution is 2.21. The van der Waals surface area contributed by atoms with Crippen molar-refractivity contribution in [3.8, 4) is 0 Å². The number of benzene rings is 2. The van der Waals surface area contributed by atoms with E-state index in [9.17, 15) is 33.9 Å². The van der Waals surface area contributed by atoms with E-state index in [0.29, 0.717) is 6.42 Å². The van der Waals surface area contributed by atoms with Crippen molar-refractivity contribution in [1.82, 2.24) is 20.9 Å². The monoisotopic (exact) mass is 678 g/mol. The summed E-state index contributed by atoms with van der Waals surface area (Å²) in [6.45, 7) is 3.97. The van der Waals surface area contributed by atoms with Gasteiger partial charge in [-0.15, -0.1) is 0 Å². The third-order valence-corrected chi connectivity index (χ3v) is 8.71. The minimum Gasteiger partial charge on any atom is -0.480 e. The van der Waals surface area contributed by atoms with Gasteiger partial charge < -0.3 is 42.2 Å². The predicted octanol–water partition coefficient (Wildman–Crippen LogP) is 1.07. The average Bonchev–Trinajstić information content (AvgIpc) is 3.07. The maximum absolute atomic E-state index is 13.8. The van der Waals surface area contributed by atoms with E-state index in [1.165, 1.54) is 4.90 Å². The Hall–Kier alpha value is -4.62. The number of aldehydes is 1. The maximum atomic E-state index is 13.8. The largest absolute Gasteiger partial charge is 0.480 e. The molecule has 266 valence electrons. The number of nitrogens with one attached hydrogen (secondary N) is 3. The molecule has 2 aromatic rings. The van der Waals surface area contributed by atoms with E-state index in [-0.39, 0.29) is 64.0 Å². The van der Waals surface area contributed by atoms with Gasteiger partial charge in [-0.05, 0) is 55.6 Å². The summed E-state index contributed by atoms with van der Waals surface area (Å²) in [5.74, 6) is -3.27. The van der Waals surface area contributed by atoms with Gasteiger partial charge in [-0.3, -0.25) is 24.0 Å². The zero-order valence-electron chi connectivity index (χ0n) is 28.3. The van der Waals surface area contributed by atoms with Crippen LogP contribution in [0.4, 0.5) is 0 Å². The summed E-state index contributed by atoms with van der Waals surface area (Å²) in [5.41, 5.74) is 12.4. The number of carboxylic acids is 1. The molecule has 0 radical (unpaired) electrons. The summed E-state index contributed by atoms with van der Waals surface area (Å²) >= 11 is 0. The molecule has 4 amide bonds. The lowest BCUT2D eigenvalue weighted by Crippen LogP contribution is -2.60. The Balaban J connectivity index is 1.77. The highest BCUT2D eigenvalue weighted by Gasteiger charge is 2.40. The van der Waals surface area contributed by atoms with Gasteiger partial charge in [0, 0.05) is 25.9 Å². The number of amides is 4. The van der Waals surface area contributed by atoms with Crippen LogP contribution in [-0.4, -0.2) is 88.7 Å². The van der Waals surface area contributed by atoms with Gasteiger partial charge in [-0.1, -0.05) is 74.5 Å². The molecule has 2 aromatic carbocycles. The summed E-state index contributed by atoms with van der Waals surface area (Å²) in [4.78, 5) is 78.5. The van der Waals surface area contributed by atoms with Crippen LogP contribution in [-0.2, 0) is 41.6 Å². The number of aliphatic carboxylic acids is 1. The first kappa shape index (κ1) is 38.8. The number of unbranched alkanes of at least 4 members (excludes halogenated alkanes) is 1. The molecule has 4 atom stereocenters. The van der Waals surface area contributed by atoms with Crippen molar-refractivity contribution in [2.45, 2.75) is 94.9 Å². The fourth-order valence-electron chi connectivity index (χ4n) is 5.77. The zero-order valence-corrected chi connectivity index (χ0v) is 28.3. The highest BCUT2D eigenvalue weighted by molar-refractivity contribution is 5.95. The normalized spacial score (nSPS) is 16.5. The Kier molecular flexibility index (Phi) is 14.9. The Morgan fingerprint density at radius 1 is 0.816 bits per heavy atom. The Bertz CT molecular complexity index is 1410. The van der Waals surface area contributed by atoms with Crippen LogP contribution < -0.4 is 27.4 Å². The number of carboxylic acid groups (broad SMARTS) is 1. The summed E-state index contributed by atoms with van der Waals surface area (Å²) in [6.07, 6.45) is 2.18. The highest BCUT2D eigenvalue weighted by atomic mass is 16.4. The molecule has 0 aliphatic carbocycles. The molecule has 0 unspecified atom stereocenters. The fraction of sp³-hybridized carbons (Fsp3) is 0.500. The lowest BCUT2D eigenvalue weighted by molar-refractivity contribution is -0.148. The standard InChI is InChI=1S/C36H50N6O7/c1-24(2)21-29(32(45)39-28(15-9-10-20-43)34(47)42-18-16-36(38,17-19-42)35(48)49)41-33(46)30(23-26-13-7-4-8-14-26)40-31(44)27(37)22-25-11-5-3-6-12-25/h3-8,11-14,20,24,27-30H,9-10,15-19,21-23,37-38H2,1-2H3,(H,39,45)(H,40,44)(H,41,46)(H,48,49)/t27-,28-,29-,30-/m1/s1.